The molecule has 0 heterocycles. The maximum atomic E-state index is 2.55. The summed E-state index contributed by atoms with van der Waals surface area (Å²) in [7, 11) is 0. The molecule has 0 aliphatic heterocycles. The summed E-state index contributed by atoms with van der Waals surface area (Å²) in [6.07, 6.45) is 20.0. The van der Waals surface area contributed by atoms with Gasteiger partial charge in [0.1, 0.15) is 0 Å². The van der Waals surface area contributed by atoms with E-state index in [0.29, 0.717) is 5.92 Å². The number of benzene rings is 1. The van der Waals surface area contributed by atoms with Gasteiger partial charge in [-0.1, -0.05) is 69.7 Å². The number of aryl methyl sites for hydroxylation is 2. The molecular formula is C21H30. The maximum Gasteiger partial charge on any atom is 0.00273 e. The average Bonchev–Trinajstić information content (AvgIpc) is 2.90. The van der Waals surface area contributed by atoms with E-state index in [-0.39, 0.29) is 0 Å². The first-order chi connectivity index (χ1) is 10.4. The van der Waals surface area contributed by atoms with E-state index in [9.17, 15) is 0 Å². The van der Waals surface area contributed by atoms with E-state index >= 15 is 0 Å². The van der Waals surface area contributed by atoms with Gasteiger partial charge in [0, 0.05) is 5.92 Å². The van der Waals surface area contributed by atoms with Crippen LogP contribution in [-0.4, -0.2) is 0 Å². The van der Waals surface area contributed by atoms with Gasteiger partial charge in [0.25, 0.3) is 0 Å². The second-order valence-corrected chi connectivity index (χ2v) is 6.98. The van der Waals surface area contributed by atoms with Crippen molar-refractivity contribution in [3.05, 3.63) is 40.5 Å². The fraction of sp³-hybridized carbons (Fsp3) is 0.619. The van der Waals surface area contributed by atoms with Gasteiger partial charge in [0.2, 0.25) is 0 Å². The quantitative estimate of drug-likeness (QED) is 0.506. The molecule has 3 rings (SSSR count). The number of rotatable bonds is 7. The Hall–Kier alpha value is -1.04. The lowest BCUT2D eigenvalue weighted by Gasteiger charge is -2.19. The molecule has 0 nitrogen and oxygen atoms in total. The highest BCUT2D eigenvalue weighted by Gasteiger charge is 2.20. The highest BCUT2D eigenvalue weighted by molar-refractivity contribution is 5.64. The molecule has 0 saturated carbocycles. The van der Waals surface area contributed by atoms with Gasteiger partial charge in [0.15, 0.2) is 0 Å². The molecule has 0 N–H and O–H groups in total. The largest absolute Gasteiger partial charge is 0.0764 e. The van der Waals surface area contributed by atoms with Gasteiger partial charge in [-0.25, -0.2) is 0 Å². The molecule has 0 heteroatoms. The molecule has 0 saturated heterocycles. The summed E-state index contributed by atoms with van der Waals surface area (Å²) in [4.78, 5) is 0. The second-order valence-electron chi connectivity index (χ2n) is 6.98. The van der Waals surface area contributed by atoms with Gasteiger partial charge in [-0.3, -0.25) is 0 Å². The van der Waals surface area contributed by atoms with Crippen molar-refractivity contribution in [2.45, 2.75) is 83.5 Å². The minimum atomic E-state index is 0.707. The van der Waals surface area contributed by atoms with Gasteiger partial charge in [-0.15, -0.1) is 0 Å². The molecule has 1 aromatic rings. The monoisotopic (exact) mass is 282 g/mol. The van der Waals surface area contributed by atoms with E-state index in [2.05, 4.69) is 31.2 Å². The van der Waals surface area contributed by atoms with Crippen molar-refractivity contribution in [1.29, 1.82) is 0 Å². The van der Waals surface area contributed by atoms with Crippen molar-refractivity contribution in [3.63, 3.8) is 0 Å². The first-order valence-electron chi connectivity index (χ1n) is 9.22. The summed E-state index contributed by atoms with van der Waals surface area (Å²) in [6.45, 7) is 2.29. The minimum absolute atomic E-state index is 0.707. The molecule has 1 aromatic carbocycles. The Morgan fingerprint density at radius 1 is 0.905 bits per heavy atom. The molecule has 1 unspecified atom stereocenters. The van der Waals surface area contributed by atoms with Crippen LogP contribution in [0.25, 0.3) is 6.08 Å². The summed E-state index contributed by atoms with van der Waals surface area (Å²) in [5, 5.41) is 0. The summed E-state index contributed by atoms with van der Waals surface area (Å²) < 4.78 is 0. The van der Waals surface area contributed by atoms with Crippen molar-refractivity contribution >= 4 is 6.08 Å². The molecular weight excluding hydrogens is 252 g/mol. The predicted molar refractivity (Wildman–Crippen MR) is 92.9 cm³/mol. The average molecular weight is 282 g/mol. The molecule has 0 radical (unpaired) electrons. The van der Waals surface area contributed by atoms with Crippen LogP contribution in [-0.2, 0) is 12.8 Å². The van der Waals surface area contributed by atoms with E-state index in [1.54, 1.807) is 16.7 Å². The second kappa shape index (κ2) is 7.29. The molecule has 114 valence electrons. The summed E-state index contributed by atoms with van der Waals surface area (Å²) in [5.74, 6) is 0.707. The number of allylic oxidation sites excluding steroid dienone is 1. The van der Waals surface area contributed by atoms with Crippen LogP contribution in [0, 0.1) is 0 Å². The molecule has 0 fully saturated rings. The molecule has 0 bridgehead atoms. The van der Waals surface area contributed by atoms with Crippen LogP contribution < -0.4 is 0 Å². The zero-order chi connectivity index (χ0) is 14.5. The van der Waals surface area contributed by atoms with Crippen LogP contribution in [0.1, 0.15) is 92.9 Å². The number of fused-ring (bicyclic) bond motifs is 2. The molecule has 2 aliphatic carbocycles. The Morgan fingerprint density at radius 2 is 1.62 bits per heavy atom. The van der Waals surface area contributed by atoms with E-state index in [1.165, 1.54) is 76.2 Å². The zero-order valence-corrected chi connectivity index (χ0v) is 13.7. The molecule has 0 spiro atoms. The standard InChI is InChI=1S/C21H30/c1-2-3-4-5-6-7-10-17-13-14-20-15-18-11-8-9-12-19(18)16-21(17)20/h13-17H,2-12H2,1H3. The fourth-order valence-electron chi connectivity index (χ4n) is 4.01. The first kappa shape index (κ1) is 14.9. The van der Waals surface area contributed by atoms with Crippen LogP contribution >= 0.6 is 0 Å². The van der Waals surface area contributed by atoms with Gasteiger partial charge < -0.3 is 0 Å². The Morgan fingerprint density at radius 3 is 2.43 bits per heavy atom. The lowest BCUT2D eigenvalue weighted by atomic mass is 9.86. The summed E-state index contributed by atoms with van der Waals surface area (Å²) in [6, 6.07) is 5.03. The number of hydrogen-bond acceptors (Lipinski definition) is 0. The Kier molecular flexibility index (Phi) is 5.17. The van der Waals surface area contributed by atoms with Gasteiger partial charge in [0.05, 0.1) is 0 Å². The third-order valence-electron chi connectivity index (χ3n) is 5.32. The SMILES string of the molecule is CCCCCCCCC1C=Cc2cc3c(cc21)CCCC3. The lowest BCUT2D eigenvalue weighted by Crippen LogP contribution is -2.05. The topological polar surface area (TPSA) is 0 Å². The maximum absolute atomic E-state index is 2.55. The third kappa shape index (κ3) is 3.59. The number of hydrogen-bond donors (Lipinski definition) is 0. The van der Waals surface area contributed by atoms with Crippen LogP contribution in [0.5, 0.6) is 0 Å². The first-order valence-corrected chi connectivity index (χ1v) is 9.22. The summed E-state index contributed by atoms with van der Waals surface area (Å²) >= 11 is 0. The fourth-order valence-corrected chi connectivity index (χ4v) is 4.01. The van der Waals surface area contributed by atoms with Crippen LogP contribution in [0.15, 0.2) is 18.2 Å². The van der Waals surface area contributed by atoms with Crippen molar-refractivity contribution in [3.8, 4) is 0 Å². The Bertz CT molecular complexity index is 495. The molecule has 2 aliphatic rings. The zero-order valence-electron chi connectivity index (χ0n) is 13.7. The van der Waals surface area contributed by atoms with E-state index in [4.69, 9.17) is 0 Å². The van der Waals surface area contributed by atoms with Gasteiger partial charge in [-0.2, -0.15) is 0 Å². The molecule has 0 aromatic heterocycles. The number of unbranched alkanes of at least 4 members (excludes halogenated alkanes) is 5. The molecule has 0 amide bonds. The smallest absolute Gasteiger partial charge is 0.00273 e. The predicted octanol–water partition coefficient (Wildman–Crippen LogP) is 6.43. The van der Waals surface area contributed by atoms with Gasteiger partial charge in [-0.05, 0) is 54.4 Å². The van der Waals surface area contributed by atoms with Crippen molar-refractivity contribution in [1.82, 2.24) is 0 Å². The van der Waals surface area contributed by atoms with Crippen molar-refractivity contribution in [2.75, 3.05) is 0 Å². The molecule has 1 atom stereocenters. The van der Waals surface area contributed by atoms with Crippen molar-refractivity contribution < 1.29 is 0 Å². The van der Waals surface area contributed by atoms with Crippen LogP contribution in [0.3, 0.4) is 0 Å². The van der Waals surface area contributed by atoms with Crippen molar-refractivity contribution in [2.24, 2.45) is 0 Å². The van der Waals surface area contributed by atoms with Crippen LogP contribution in [0.2, 0.25) is 0 Å². The van der Waals surface area contributed by atoms with E-state index in [0.717, 1.165) is 0 Å². The minimum Gasteiger partial charge on any atom is -0.0764 e. The summed E-state index contributed by atoms with van der Waals surface area (Å²) in [5.41, 5.74) is 6.43. The van der Waals surface area contributed by atoms with Crippen LogP contribution in [0.4, 0.5) is 0 Å². The lowest BCUT2D eigenvalue weighted by molar-refractivity contribution is 0.574. The Balaban J connectivity index is 1.55. The van der Waals surface area contributed by atoms with E-state index in [1.807, 2.05) is 0 Å². The van der Waals surface area contributed by atoms with E-state index < -0.39 is 0 Å². The highest BCUT2D eigenvalue weighted by atomic mass is 14.2. The Labute approximate surface area is 130 Å². The third-order valence-corrected chi connectivity index (χ3v) is 5.32. The molecule has 21 heavy (non-hydrogen) atoms. The van der Waals surface area contributed by atoms with Gasteiger partial charge >= 0.3 is 0 Å². The highest BCUT2D eigenvalue weighted by Crippen LogP contribution is 2.37. The normalized spacial score (nSPS) is 19.6.